The largest absolute Gasteiger partial charge is 0.497 e. The zero-order chi connectivity index (χ0) is 19.1. The molecule has 1 fully saturated rings. The van der Waals surface area contributed by atoms with Crippen LogP contribution in [0.3, 0.4) is 0 Å². The maximum atomic E-state index is 12.9. The number of nitrogens with one attached hydrogen (secondary N) is 2. The van der Waals surface area contributed by atoms with E-state index in [4.69, 9.17) is 14.2 Å². The lowest BCUT2D eigenvalue weighted by atomic mass is 9.78. The number of anilines is 1. The van der Waals surface area contributed by atoms with Crippen LogP contribution in [0, 0.1) is 5.41 Å². The van der Waals surface area contributed by atoms with E-state index in [1.807, 2.05) is 48.5 Å². The molecule has 0 spiro atoms. The lowest BCUT2D eigenvalue weighted by molar-refractivity contribution is -0.130. The van der Waals surface area contributed by atoms with Crippen LogP contribution in [0.2, 0.25) is 0 Å². The lowest BCUT2D eigenvalue weighted by Gasteiger charge is -2.35. The molecule has 1 aliphatic heterocycles. The van der Waals surface area contributed by atoms with E-state index in [1.165, 1.54) is 0 Å². The van der Waals surface area contributed by atoms with Crippen molar-refractivity contribution >= 4 is 11.6 Å². The Balaban J connectivity index is 1.65. The second kappa shape index (κ2) is 8.88. The Morgan fingerprint density at radius 3 is 2.41 bits per heavy atom. The Morgan fingerprint density at radius 1 is 1.04 bits per heavy atom. The van der Waals surface area contributed by atoms with Gasteiger partial charge in [-0.15, -0.1) is 0 Å². The fourth-order valence-electron chi connectivity index (χ4n) is 3.29. The third-order valence-corrected chi connectivity index (χ3v) is 4.85. The van der Waals surface area contributed by atoms with Crippen LogP contribution in [-0.4, -0.2) is 39.8 Å². The molecule has 2 N–H and O–H groups in total. The molecule has 6 heteroatoms. The van der Waals surface area contributed by atoms with Gasteiger partial charge in [0.25, 0.3) is 0 Å². The monoisotopic (exact) mass is 370 g/mol. The van der Waals surface area contributed by atoms with Gasteiger partial charge in [0.15, 0.2) is 0 Å². The Bertz CT molecular complexity index is 750. The number of rotatable bonds is 7. The number of hydrogen-bond donors (Lipinski definition) is 2. The molecule has 0 radical (unpaired) electrons. The highest BCUT2D eigenvalue weighted by Crippen LogP contribution is 2.31. The van der Waals surface area contributed by atoms with Crippen LogP contribution in [0.4, 0.5) is 5.69 Å². The molecule has 0 unspecified atom stereocenters. The predicted molar refractivity (Wildman–Crippen MR) is 105 cm³/mol. The Morgan fingerprint density at radius 2 is 1.74 bits per heavy atom. The zero-order valence-electron chi connectivity index (χ0n) is 15.8. The van der Waals surface area contributed by atoms with Gasteiger partial charge in [-0.3, -0.25) is 4.79 Å². The SMILES string of the molecule is COCC1(C(=O)Nc2ccc(Oc3cccc(OC)c3)cc2)CCNCC1. The summed E-state index contributed by atoms with van der Waals surface area (Å²) in [5.41, 5.74) is 0.266. The fourth-order valence-corrected chi connectivity index (χ4v) is 3.29. The lowest BCUT2D eigenvalue weighted by Crippen LogP contribution is -2.47. The van der Waals surface area contributed by atoms with Gasteiger partial charge in [0.1, 0.15) is 17.2 Å². The molecule has 0 aromatic heterocycles. The molecule has 1 saturated heterocycles. The highest BCUT2D eigenvalue weighted by molar-refractivity contribution is 5.95. The van der Waals surface area contributed by atoms with Gasteiger partial charge in [-0.05, 0) is 62.3 Å². The van der Waals surface area contributed by atoms with Gasteiger partial charge in [-0.1, -0.05) is 6.07 Å². The van der Waals surface area contributed by atoms with Crippen LogP contribution in [-0.2, 0) is 9.53 Å². The number of amides is 1. The van der Waals surface area contributed by atoms with E-state index in [0.29, 0.717) is 18.1 Å². The topological polar surface area (TPSA) is 68.8 Å². The van der Waals surface area contributed by atoms with Crippen molar-refractivity contribution in [1.29, 1.82) is 0 Å². The van der Waals surface area contributed by atoms with Gasteiger partial charge in [-0.2, -0.15) is 0 Å². The van der Waals surface area contributed by atoms with E-state index in [-0.39, 0.29) is 5.91 Å². The average Bonchev–Trinajstić information content (AvgIpc) is 2.70. The highest BCUT2D eigenvalue weighted by Gasteiger charge is 2.39. The molecule has 3 rings (SSSR count). The van der Waals surface area contributed by atoms with Crippen molar-refractivity contribution < 1.29 is 19.0 Å². The van der Waals surface area contributed by atoms with E-state index < -0.39 is 5.41 Å². The first kappa shape index (κ1) is 19.2. The molecular formula is C21H26N2O4. The van der Waals surface area contributed by atoms with Gasteiger partial charge in [0, 0.05) is 18.9 Å². The molecular weight excluding hydrogens is 344 g/mol. The van der Waals surface area contributed by atoms with Crippen molar-refractivity contribution in [2.75, 3.05) is 39.2 Å². The van der Waals surface area contributed by atoms with Gasteiger partial charge in [-0.25, -0.2) is 0 Å². The van der Waals surface area contributed by atoms with Crippen molar-refractivity contribution in [3.05, 3.63) is 48.5 Å². The maximum Gasteiger partial charge on any atom is 0.233 e. The number of carbonyl (C=O) groups excluding carboxylic acids is 1. The van der Waals surface area contributed by atoms with Crippen LogP contribution in [0.15, 0.2) is 48.5 Å². The highest BCUT2D eigenvalue weighted by atomic mass is 16.5. The van der Waals surface area contributed by atoms with E-state index in [2.05, 4.69) is 10.6 Å². The molecule has 2 aromatic rings. The molecule has 0 aliphatic carbocycles. The first-order chi connectivity index (χ1) is 13.1. The normalized spacial score (nSPS) is 15.8. The molecule has 1 heterocycles. The van der Waals surface area contributed by atoms with Crippen molar-refractivity contribution in [1.82, 2.24) is 5.32 Å². The predicted octanol–water partition coefficient (Wildman–Crippen LogP) is 3.44. The van der Waals surface area contributed by atoms with Crippen LogP contribution >= 0.6 is 0 Å². The number of benzene rings is 2. The molecule has 1 amide bonds. The summed E-state index contributed by atoms with van der Waals surface area (Å²) in [6, 6.07) is 14.8. The minimum Gasteiger partial charge on any atom is -0.497 e. The Hall–Kier alpha value is -2.57. The van der Waals surface area contributed by atoms with E-state index in [1.54, 1.807) is 14.2 Å². The average molecular weight is 370 g/mol. The smallest absolute Gasteiger partial charge is 0.233 e. The molecule has 144 valence electrons. The first-order valence-corrected chi connectivity index (χ1v) is 9.08. The van der Waals surface area contributed by atoms with Crippen LogP contribution in [0.25, 0.3) is 0 Å². The molecule has 2 aromatic carbocycles. The standard InChI is InChI=1S/C21H26N2O4/c1-25-15-21(10-12-22-13-11-21)20(24)23-16-6-8-17(9-7-16)27-19-5-3-4-18(14-19)26-2/h3-9,14,22H,10-13,15H2,1-2H3,(H,23,24). The van der Waals surface area contributed by atoms with E-state index in [0.717, 1.165) is 37.4 Å². The van der Waals surface area contributed by atoms with Crippen molar-refractivity contribution in [3.8, 4) is 17.2 Å². The summed E-state index contributed by atoms with van der Waals surface area (Å²) in [6.07, 6.45) is 1.54. The summed E-state index contributed by atoms with van der Waals surface area (Å²) in [7, 11) is 3.26. The third-order valence-electron chi connectivity index (χ3n) is 4.85. The first-order valence-electron chi connectivity index (χ1n) is 9.08. The number of methoxy groups -OCH3 is 2. The fraction of sp³-hybridized carbons (Fsp3) is 0.381. The van der Waals surface area contributed by atoms with Gasteiger partial charge >= 0.3 is 0 Å². The number of ether oxygens (including phenoxy) is 3. The molecule has 6 nitrogen and oxygen atoms in total. The summed E-state index contributed by atoms with van der Waals surface area (Å²) in [6.45, 7) is 2.08. The summed E-state index contributed by atoms with van der Waals surface area (Å²) in [4.78, 5) is 12.9. The summed E-state index contributed by atoms with van der Waals surface area (Å²) < 4.78 is 16.4. The quantitative estimate of drug-likeness (QED) is 0.781. The second-order valence-corrected chi connectivity index (χ2v) is 6.72. The van der Waals surface area contributed by atoms with Crippen LogP contribution < -0.4 is 20.1 Å². The van der Waals surface area contributed by atoms with Gasteiger partial charge < -0.3 is 24.8 Å². The van der Waals surface area contributed by atoms with Crippen molar-refractivity contribution in [3.63, 3.8) is 0 Å². The second-order valence-electron chi connectivity index (χ2n) is 6.72. The maximum absolute atomic E-state index is 12.9. The van der Waals surface area contributed by atoms with Crippen LogP contribution in [0.5, 0.6) is 17.2 Å². The van der Waals surface area contributed by atoms with Crippen molar-refractivity contribution in [2.45, 2.75) is 12.8 Å². The minimum absolute atomic E-state index is 0.00677. The summed E-state index contributed by atoms with van der Waals surface area (Å²) in [5.74, 6) is 2.13. The van der Waals surface area contributed by atoms with E-state index >= 15 is 0 Å². The third kappa shape index (κ3) is 4.78. The van der Waals surface area contributed by atoms with Gasteiger partial charge in [0.05, 0.1) is 19.1 Å². The molecule has 0 atom stereocenters. The van der Waals surface area contributed by atoms with Crippen molar-refractivity contribution in [2.24, 2.45) is 5.41 Å². The molecule has 0 bridgehead atoms. The van der Waals surface area contributed by atoms with Gasteiger partial charge in [0.2, 0.25) is 5.91 Å². The summed E-state index contributed by atoms with van der Waals surface area (Å²) in [5, 5.41) is 6.32. The zero-order valence-corrected chi connectivity index (χ0v) is 15.8. The van der Waals surface area contributed by atoms with E-state index in [9.17, 15) is 4.79 Å². The Kier molecular flexibility index (Phi) is 6.32. The number of piperidine rings is 1. The number of carbonyl (C=O) groups is 1. The Labute approximate surface area is 159 Å². The number of hydrogen-bond acceptors (Lipinski definition) is 5. The molecule has 1 aliphatic rings. The minimum atomic E-state index is -0.476. The molecule has 0 saturated carbocycles. The molecule has 27 heavy (non-hydrogen) atoms. The van der Waals surface area contributed by atoms with Crippen LogP contribution in [0.1, 0.15) is 12.8 Å². The summed E-state index contributed by atoms with van der Waals surface area (Å²) >= 11 is 0.